The summed E-state index contributed by atoms with van der Waals surface area (Å²) in [4.78, 5) is 23.6. The molecule has 1 aliphatic heterocycles. The number of hydrogen-bond donors (Lipinski definition) is 0. The molecular formula is C19H22N4O2S. The van der Waals surface area contributed by atoms with E-state index >= 15 is 0 Å². The largest absolute Gasteiger partial charge is 0.485 e. The van der Waals surface area contributed by atoms with Crippen LogP contribution in [0.4, 0.5) is 0 Å². The maximum Gasteiger partial charge on any atom is 0.179 e. The van der Waals surface area contributed by atoms with Gasteiger partial charge in [-0.15, -0.1) is 11.3 Å². The third-order valence-electron chi connectivity index (χ3n) is 4.70. The van der Waals surface area contributed by atoms with Gasteiger partial charge in [-0.1, -0.05) is 0 Å². The number of likely N-dealkylation sites (tertiary alicyclic amines) is 1. The van der Waals surface area contributed by atoms with Crippen LogP contribution in [0.3, 0.4) is 0 Å². The summed E-state index contributed by atoms with van der Waals surface area (Å²) in [5.41, 5.74) is 0.856. The Hall–Kier alpha value is -2.25. The van der Waals surface area contributed by atoms with Gasteiger partial charge in [-0.2, -0.15) is 0 Å². The van der Waals surface area contributed by atoms with Gasteiger partial charge in [0.15, 0.2) is 11.4 Å². The molecule has 0 aromatic carbocycles. The van der Waals surface area contributed by atoms with Crippen LogP contribution in [0.15, 0.2) is 36.9 Å². The smallest absolute Gasteiger partial charge is 0.179 e. The number of fused-ring (bicyclic) bond motifs is 1. The van der Waals surface area contributed by atoms with Crippen LogP contribution in [0.25, 0.3) is 5.65 Å². The molecule has 0 saturated carbocycles. The van der Waals surface area contributed by atoms with Gasteiger partial charge < -0.3 is 9.14 Å². The first-order valence-corrected chi connectivity index (χ1v) is 9.65. The second-order valence-corrected chi connectivity index (χ2v) is 8.08. The van der Waals surface area contributed by atoms with Gasteiger partial charge in [-0.3, -0.25) is 9.69 Å². The lowest BCUT2D eigenvalue weighted by atomic mass is 10.2. The van der Waals surface area contributed by atoms with Gasteiger partial charge in [0.05, 0.1) is 6.42 Å². The van der Waals surface area contributed by atoms with Crippen LogP contribution in [0.5, 0.6) is 5.75 Å². The number of ketones is 1. The van der Waals surface area contributed by atoms with E-state index in [2.05, 4.69) is 21.8 Å². The van der Waals surface area contributed by atoms with Crippen LogP contribution in [0, 0.1) is 0 Å². The first-order chi connectivity index (χ1) is 12.6. The number of carbonyl (C=O) groups is 1. The second kappa shape index (κ2) is 7.17. The number of pyridine rings is 1. The van der Waals surface area contributed by atoms with Gasteiger partial charge in [-0.25, -0.2) is 9.97 Å². The van der Waals surface area contributed by atoms with Gasteiger partial charge >= 0.3 is 0 Å². The Bertz CT molecular complexity index is 919. The van der Waals surface area contributed by atoms with E-state index in [-0.39, 0.29) is 11.9 Å². The molecule has 7 heteroatoms. The molecule has 0 spiro atoms. The van der Waals surface area contributed by atoms with E-state index in [1.165, 1.54) is 4.88 Å². The third-order valence-corrected chi connectivity index (χ3v) is 5.69. The second-order valence-electron chi connectivity index (χ2n) is 6.88. The minimum Gasteiger partial charge on any atom is -0.485 e. The molecule has 0 bridgehead atoms. The molecule has 6 nitrogen and oxygen atoms in total. The van der Waals surface area contributed by atoms with Crippen LogP contribution >= 0.6 is 11.3 Å². The van der Waals surface area contributed by atoms with Crippen molar-refractivity contribution in [3.05, 3.63) is 46.8 Å². The first-order valence-electron chi connectivity index (χ1n) is 8.84. The van der Waals surface area contributed by atoms with E-state index in [1.54, 1.807) is 24.5 Å². The van der Waals surface area contributed by atoms with Crippen molar-refractivity contribution >= 4 is 22.8 Å². The molecule has 0 N–H and O–H groups in total. The predicted molar refractivity (Wildman–Crippen MR) is 101 cm³/mol. The fourth-order valence-corrected chi connectivity index (χ4v) is 4.48. The van der Waals surface area contributed by atoms with E-state index in [9.17, 15) is 4.79 Å². The van der Waals surface area contributed by atoms with Gasteiger partial charge in [0.1, 0.15) is 16.9 Å². The van der Waals surface area contributed by atoms with Gasteiger partial charge in [0, 0.05) is 55.2 Å². The summed E-state index contributed by atoms with van der Waals surface area (Å²) in [7, 11) is 0. The van der Waals surface area contributed by atoms with Crippen LogP contribution in [0.2, 0.25) is 0 Å². The standard InChI is InChI=1S/C19H22N4O2S/c1-13-8-15(25-17-4-3-6-22-7-5-20-19(17)22)11-23(13)12-16-10-21-18(26-16)9-14(2)24/h3-7,10,13,15H,8-9,11-12H2,1-2H3/t13-,15+/m0/s1. The third kappa shape index (κ3) is 3.64. The Balaban J connectivity index is 1.40. The number of thiazole rings is 1. The highest BCUT2D eigenvalue weighted by atomic mass is 32.1. The van der Waals surface area contributed by atoms with Crippen LogP contribution in [0.1, 0.15) is 30.2 Å². The Morgan fingerprint density at radius 1 is 1.38 bits per heavy atom. The molecule has 1 aliphatic rings. The van der Waals surface area contributed by atoms with Crippen molar-refractivity contribution in [2.75, 3.05) is 6.54 Å². The van der Waals surface area contributed by atoms with Crippen LogP contribution in [-0.4, -0.2) is 43.7 Å². The Kier molecular flexibility index (Phi) is 4.74. The number of carbonyl (C=O) groups excluding carboxylic acids is 1. The summed E-state index contributed by atoms with van der Waals surface area (Å²) in [6, 6.07) is 4.40. The molecule has 0 amide bonds. The predicted octanol–water partition coefficient (Wildman–Crippen LogP) is 2.96. The van der Waals surface area contributed by atoms with Gasteiger partial charge in [0.2, 0.25) is 0 Å². The van der Waals surface area contributed by atoms with Gasteiger partial charge in [-0.05, 0) is 26.0 Å². The summed E-state index contributed by atoms with van der Waals surface area (Å²) >= 11 is 1.63. The topological polar surface area (TPSA) is 59.7 Å². The molecule has 2 atom stereocenters. The van der Waals surface area contributed by atoms with Gasteiger partial charge in [0.25, 0.3) is 0 Å². The minimum atomic E-state index is 0.150. The van der Waals surface area contributed by atoms with Crippen LogP contribution < -0.4 is 4.74 Å². The lowest BCUT2D eigenvalue weighted by Crippen LogP contribution is -2.27. The summed E-state index contributed by atoms with van der Waals surface area (Å²) in [5, 5.41) is 0.901. The fraction of sp³-hybridized carbons (Fsp3) is 0.421. The molecule has 4 heterocycles. The molecule has 3 aromatic heterocycles. The molecule has 136 valence electrons. The van der Waals surface area contributed by atoms with E-state index in [0.717, 1.165) is 35.9 Å². The molecule has 3 aromatic rings. The average molecular weight is 370 g/mol. The number of nitrogens with zero attached hydrogens (tertiary/aromatic N) is 4. The van der Waals surface area contributed by atoms with Crippen molar-refractivity contribution in [3.8, 4) is 5.75 Å². The van der Waals surface area contributed by atoms with Crippen molar-refractivity contribution in [3.63, 3.8) is 0 Å². The van der Waals surface area contributed by atoms with Crippen molar-refractivity contribution in [2.24, 2.45) is 0 Å². The number of rotatable bonds is 6. The molecule has 0 unspecified atom stereocenters. The Labute approximate surface area is 156 Å². The number of hydrogen-bond acceptors (Lipinski definition) is 6. The zero-order valence-corrected chi connectivity index (χ0v) is 15.8. The van der Waals surface area contributed by atoms with E-state index in [1.807, 2.05) is 35.1 Å². The van der Waals surface area contributed by atoms with E-state index < -0.39 is 0 Å². The number of aromatic nitrogens is 3. The average Bonchev–Trinajstić information content (AvgIpc) is 3.29. The summed E-state index contributed by atoms with van der Waals surface area (Å²) in [6.07, 6.45) is 9.15. The zero-order valence-electron chi connectivity index (χ0n) is 15.0. The fourth-order valence-electron chi connectivity index (χ4n) is 3.46. The summed E-state index contributed by atoms with van der Waals surface area (Å²) in [6.45, 7) is 5.57. The lowest BCUT2D eigenvalue weighted by Gasteiger charge is -2.19. The SMILES string of the molecule is CC(=O)Cc1ncc(CN2C[C@H](Oc3cccn4ccnc34)C[C@@H]2C)s1. The van der Waals surface area contributed by atoms with Crippen molar-refractivity contribution < 1.29 is 9.53 Å². The minimum absolute atomic E-state index is 0.150. The highest BCUT2D eigenvalue weighted by molar-refractivity contribution is 7.11. The number of ether oxygens (including phenoxy) is 1. The summed E-state index contributed by atoms with van der Waals surface area (Å²) in [5.74, 6) is 0.986. The number of Topliss-reactive ketones (excluding diaryl/α,β-unsaturated/α-hetero) is 1. The molecule has 0 aliphatic carbocycles. The van der Waals surface area contributed by atoms with Crippen molar-refractivity contribution in [2.45, 2.75) is 45.4 Å². The highest BCUT2D eigenvalue weighted by Gasteiger charge is 2.31. The van der Waals surface area contributed by atoms with E-state index in [0.29, 0.717) is 12.5 Å². The molecule has 26 heavy (non-hydrogen) atoms. The first kappa shape index (κ1) is 17.2. The van der Waals surface area contributed by atoms with Crippen LogP contribution in [-0.2, 0) is 17.8 Å². The Morgan fingerprint density at radius 3 is 3.12 bits per heavy atom. The maximum atomic E-state index is 11.2. The quantitative estimate of drug-likeness (QED) is 0.668. The van der Waals surface area contributed by atoms with Crippen molar-refractivity contribution in [1.82, 2.24) is 19.3 Å². The normalized spacial score (nSPS) is 20.7. The highest BCUT2D eigenvalue weighted by Crippen LogP contribution is 2.27. The van der Waals surface area contributed by atoms with Crippen molar-refractivity contribution in [1.29, 1.82) is 0 Å². The molecule has 4 rings (SSSR count). The lowest BCUT2D eigenvalue weighted by molar-refractivity contribution is -0.116. The summed E-state index contributed by atoms with van der Waals surface area (Å²) < 4.78 is 8.23. The molecule has 0 radical (unpaired) electrons. The maximum absolute atomic E-state index is 11.2. The molecule has 1 saturated heterocycles. The number of imidazole rings is 1. The molecular weight excluding hydrogens is 348 g/mol. The Morgan fingerprint density at radius 2 is 2.27 bits per heavy atom. The molecule has 1 fully saturated rings. The van der Waals surface area contributed by atoms with E-state index in [4.69, 9.17) is 4.74 Å². The zero-order chi connectivity index (χ0) is 18.1. The monoisotopic (exact) mass is 370 g/mol.